The van der Waals surface area contributed by atoms with Crippen molar-refractivity contribution >= 4 is 7.26 Å². The van der Waals surface area contributed by atoms with Crippen molar-refractivity contribution in [1.82, 2.24) is 0 Å². The second-order valence-electron chi connectivity index (χ2n) is 4.54. The van der Waals surface area contributed by atoms with Gasteiger partial charge >= 0.3 is 66.0 Å². The van der Waals surface area contributed by atoms with E-state index in [0.717, 1.165) is 11.6 Å². The standard InChI is InChI=1S/C9H23P/c1-7-8(2)9(3)10(4,5)6/h8-10H,7H2,1-6H3. The molecule has 0 spiro atoms. The van der Waals surface area contributed by atoms with E-state index in [0.29, 0.717) is 0 Å². The Hall–Kier alpha value is 0.430. The summed E-state index contributed by atoms with van der Waals surface area (Å²) in [5, 5.41) is 0. The van der Waals surface area contributed by atoms with Crippen molar-refractivity contribution in [2.24, 2.45) is 5.92 Å². The molecule has 0 amide bonds. The maximum absolute atomic E-state index is 2.46. The van der Waals surface area contributed by atoms with E-state index < -0.39 is 7.26 Å². The summed E-state index contributed by atoms with van der Waals surface area (Å²) in [6.45, 7) is 14.5. The van der Waals surface area contributed by atoms with E-state index >= 15 is 0 Å². The first-order valence-corrected chi connectivity index (χ1v) is 7.97. The fourth-order valence-electron chi connectivity index (χ4n) is 1.21. The molecule has 0 nitrogen and oxygen atoms in total. The fourth-order valence-corrected chi connectivity index (χ4v) is 3.15. The molecule has 0 aliphatic heterocycles. The Morgan fingerprint density at radius 1 is 1.10 bits per heavy atom. The average Bonchev–Trinajstić information content (AvgIpc) is 1.83. The van der Waals surface area contributed by atoms with E-state index in [1.54, 1.807) is 0 Å². The van der Waals surface area contributed by atoms with Crippen molar-refractivity contribution in [3.05, 3.63) is 0 Å². The second-order valence-corrected chi connectivity index (χ2v) is 10.2. The molecular weight excluding hydrogens is 139 g/mol. The summed E-state index contributed by atoms with van der Waals surface area (Å²) in [6, 6.07) is 0. The van der Waals surface area contributed by atoms with Gasteiger partial charge in [0.25, 0.3) is 0 Å². The molecule has 0 saturated carbocycles. The minimum absolute atomic E-state index is 0.845. The van der Waals surface area contributed by atoms with E-state index in [1.807, 2.05) is 0 Å². The molecule has 0 N–H and O–H groups in total. The van der Waals surface area contributed by atoms with Crippen LogP contribution in [-0.4, -0.2) is 25.7 Å². The van der Waals surface area contributed by atoms with Gasteiger partial charge in [-0.15, -0.1) is 0 Å². The van der Waals surface area contributed by atoms with E-state index in [1.165, 1.54) is 6.42 Å². The second kappa shape index (κ2) is 3.72. The summed E-state index contributed by atoms with van der Waals surface area (Å²) in [5.74, 6) is 0.923. The molecule has 0 bridgehead atoms. The van der Waals surface area contributed by atoms with Gasteiger partial charge in [0.05, 0.1) is 0 Å². The normalized spacial score (nSPS) is 20.2. The van der Waals surface area contributed by atoms with Gasteiger partial charge in [-0.2, -0.15) is 0 Å². The molecule has 2 unspecified atom stereocenters. The van der Waals surface area contributed by atoms with Crippen LogP contribution in [-0.2, 0) is 0 Å². The van der Waals surface area contributed by atoms with Crippen LogP contribution in [0.1, 0.15) is 27.2 Å². The summed E-state index contributed by atoms with van der Waals surface area (Å²) in [7, 11) is -0.845. The molecule has 0 aromatic heterocycles. The maximum atomic E-state index is 2.46. The van der Waals surface area contributed by atoms with Crippen molar-refractivity contribution < 1.29 is 0 Å². The number of hydrogen-bond donors (Lipinski definition) is 0. The van der Waals surface area contributed by atoms with Crippen molar-refractivity contribution in [3.63, 3.8) is 0 Å². The first kappa shape index (κ1) is 10.4. The topological polar surface area (TPSA) is 0 Å². The van der Waals surface area contributed by atoms with Gasteiger partial charge in [-0.25, -0.2) is 0 Å². The average molecular weight is 162 g/mol. The van der Waals surface area contributed by atoms with Gasteiger partial charge in [-0.05, 0) is 0 Å². The Morgan fingerprint density at radius 3 is 1.60 bits per heavy atom. The quantitative estimate of drug-likeness (QED) is 0.559. The van der Waals surface area contributed by atoms with Crippen LogP contribution in [0.5, 0.6) is 0 Å². The number of rotatable bonds is 3. The van der Waals surface area contributed by atoms with Crippen LogP contribution in [0.2, 0.25) is 0 Å². The van der Waals surface area contributed by atoms with Crippen molar-refractivity contribution in [2.75, 3.05) is 20.0 Å². The van der Waals surface area contributed by atoms with Gasteiger partial charge in [0.15, 0.2) is 0 Å². The van der Waals surface area contributed by atoms with Crippen LogP contribution < -0.4 is 0 Å². The predicted octanol–water partition coefficient (Wildman–Crippen LogP) is 3.06. The Morgan fingerprint density at radius 2 is 1.50 bits per heavy atom. The van der Waals surface area contributed by atoms with E-state index in [4.69, 9.17) is 0 Å². The molecule has 0 aliphatic rings. The van der Waals surface area contributed by atoms with Crippen LogP contribution in [0.3, 0.4) is 0 Å². The van der Waals surface area contributed by atoms with Gasteiger partial charge in [0, 0.05) is 0 Å². The van der Waals surface area contributed by atoms with Gasteiger partial charge in [-0.3, -0.25) is 0 Å². The Bertz CT molecular complexity index is 91.4. The molecule has 0 heterocycles. The first-order valence-electron chi connectivity index (χ1n) is 4.39. The summed E-state index contributed by atoms with van der Waals surface area (Å²) in [4.78, 5) is 0. The van der Waals surface area contributed by atoms with Gasteiger partial charge < -0.3 is 0 Å². The van der Waals surface area contributed by atoms with E-state index in [9.17, 15) is 0 Å². The summed E-state index contributed by atoms with van der Waals surface area (Å²) >= 11 is 0. The van der Waals surface area contributed by atoms with Gasteiger partial charge in [-0.1, -0.05) is 0 Å². The third-order valence-electron chi connectivity index (χ3n) is 2.86. The SMILES string of the molecule is CCC(C)C(C)[PH](C)(C)C. The number of hydrogen-bond acceptors (Lipinski definition) is 0. The molecule has 1 heteroatoms. The molecule has 10 heavy (non-hydrogen) atoms. The molecule has 0 rings (SSSR count). The fraction of sp³-hybridized carbons (Fsp3) is 1.00. The molecular formula is C9H23P. The molecule has 0 aromatic carbocycles. The summed E-state index contributed by atoms with van der Waals surface area (Å²) in [5.41, 5.74) is 0.970. The van der Waals surface area contributed by atoms with Crippen LogP contribution in [0.4, 0.5) is 0 Å². The Kier molecular flexibility index (Phi) is 3.88. The third kappa shape index (κ3) is 3.01. The van der Waals surface area contributed by atoms with E-state index in [-0.39, 0.29) is 0 Å². The Balaban J connectivity index is 3.94. The third-order valence-corrected chi connectivity index (χ3v) is 6.16. The predicted molar refractivity (Wildman–Crippen MR) is 55.0 cm³/mol. The van der Waals surface area contributed by atoms with Gasteiger partial charge in [0.1, 0.15) is 0 Å². The van der Waals surface area contributed by atoms with E-state index in [2.05, 4.69) is 40.8 Å². The molecule has 0 saturated heterocycles. The molecule has 64 valence electrons. The monoisotopic (exact) mass is 162 g/mol. The van der Waals surface area contributed by atoms with Crippen LogP contribution in [0, 0.1) is 5.92 Å². The molecule has 0 radical (unpaired) electrons. The zero-order valence-electron chi connectivity index (χ0n) is 8.36. The van der Waals surface area contributed by atoms with Crippen LogP contribution in [0.15, 0.2) is 0 Å². The molecule has 0 aliphatic carbocycles. The van der Waals surface area contributed by atoms with Crippen molar-refractivity contribution in [2.45, 2.75) is 32.9 Å². The zero-order chi connectivity index (χ0) is 8.36. The minimum atomic E-state index is -0.845. The first-order chi connectivity index (χ1) is 4.39. The van der Waals surface area contributed by atoms with Crippen molar-refractivity contribution in [1.29, 1.82) is 0 Å². The van der Waals surface area contributed by atoms with Crippen molar-refractivity contribution in [3.8, 4) is 0 Å². The summed E-state index contributed by atoms with van der Waals surface area (Å²) in [6.07, 6.45) is 1.34. The Labute approximate surface area is 66.7 Å². The molecule has 0 fully saturated rings. The van der Waals surface area contributed by atoms with Gasteiger partial charge in [0.2, 0.25) is 0 Å². The summed E-state index contributed by atoms with van der Waals surface area (Å²) < 4.78 is 0. The molecule has 0 aromatic rings. The van der Waals surface area contributed by atoms with Crippen LogP contribution in [0.25, 0.3) is 0 Å². The molecule has 2 atom stereocenters. The van der Waals surface area contributed by atoms with Crippen LogP contribution >= 0.6 is 7.26 Å². The zero-order valence-corrected chi connectivity index (χ0v) is 9.36.